The molecular weight excluding hydrogens is 168 g/mol. The van der Waals surface area contributed by atoms with Crippen LogP contribution in [0, 0.1) is 4.91 Å². The summed E-state index contributed by atoms with van der Waals surface area (Å²) in [5.74, 6) is -0.965. The average Bonchev–Trinajstić information content (AvgIpc) is 1.98. The lowest BCUT2D eigenvalue weighted by molar-refractivity contribution is -0.137. The zero-order valence-corrected chi connectivity index (χ0v) is 6.15. The number of nitroso groups, excluding NO2 is 1. The molecule has 12 heavy (non-hydrogen) atoms. The Morgan fingerprint density at radius 2 is 2.17 bits per heavy atom. The van der Waals surface area contributed by atoms with Crippen LogP contribution in [0.3, 0.4) is 0 Å². The van der Waals surface area contributed by atoms with Gasteiger partial charge in [-0.2, -0.15) is 5.43 Å². The first-order valence-electron chi connectivity index (χ1n) is 3.13. The molecule has 68 valence electrons. The quantitative estimate of drug-likeness (QED) is 0.355. The zero-order valence-electron chi connectivity index (χ0n) is 6.15. The normalized spacial score (nSPS) is 8.67. The topological polar surface area (TPSA) is 105 Å². The lowest BCUT2D eigenvalue weighted by Gasteiger charge is -1.99. The van der Waals surface area contributed by atoms with E-state index in [4.69, 9.17) is 5.11 Å². The maximum atomic E-state index is 10.3. The van der Waals surface area contributed by atoms with Crippen LogP contribution in [-0.4, -0.2) is 23.8 Å². The number of hydrogen-bond donors (Lipinski definition) is 2. The summed E-state index contributed by atoms with van der Waals surface area (Å²) in [6, 6.07) is 0. The van der Waals surface area contributed by atoms with E-state index in [-0.39, 0.29) is 19.4 Å². The lowest BCUT2D eigenvalue weighted by atomic mass is 10.3. The minimum atomic E-state index is -0.976. The SMILES string of the molecule is O=NNC(=O)OCCCC(=O)O. The molecule has 7 heteroatoms. The second-order valence-corrected chi connectivity index (χ2v) is 1.84. The number of carbonyl (C=O) groups is 2. The number of carboxylic acid groups (broad SMARTS) is 1. The van der Waals surface area contributed by atoms with Crippen LogP contribution in [0.15, 0.2) is 5.29 Å². The molecule has 0 spiro atoms. The van der Waals surface area contributed by atoms with Gasteiger partial charge in [0.15, 0.2) is 0 Å². The van der Waals surface area contributed by atoms with Crippen molar-refractivity contribution in [1.82, 2.24) is 5.43 Å². The summed E-state index contributed by atoms with van der Waals surface area (Å²) in [4.78, 5) is 29.7. The van der Waals surface area contributed by atoms with Crippen molar-refractivity contribution in [1.29, 1.82) is 0 Å². The van der Waals surface area contributed by atoms with E-state index in [1.165, 1.54) is 5.43 Å². The molecule has 0 bridgehead atoms. The largest absolute Gasteiger partial charge is 0.481 e. The summed E-state index contributed by atoms with van der Waals surface area (Å²) >= 11 is 0. The molecule has 0 aromatic carbocycles. The molecule has 0 radical (unpaired) electrons. The van der Waals surface area contributed by atoms with E-state index in [0.29, 0.717) is 0 Å². The summed E-state index contributed by atoms with van der Waals surface area (Å²) in [7, 11) is 0. The van der Waals surface area contributed by atoms with Crippen LogP contribution in [0.4, 0.5) is 4.79 Å². The van der Waals surface area contributed by atoms with Gasteiger partial charge in [-0.25, -0.2) is 4.79 Å². The van der Waals surface area contributed by atoms with Gasteiger partial charge in [0.05, 0.1) is 11.9 Å². The van der Waals surface area contributed by atoms with Crippen molar-refractivity contribution >= 4 is 12.1 Å². The molecule has 1 amide bonds. The average molecular weight is 176 g/mol. The van der Waals surface area contributed by atoms with E-state index in [0.717, 1.165) is 0 Å². The van der Waals surface area contributed by atoms with Crippen molar-refractivity contribution < 1.29 is 19.4 Å². The fourth-order valence-corrected chi connectivity index (χ4v) is 0.458. The standard InChI is InChI=1S/C5H8N2O5/c8-4(9)2-1-3-12-5(10)6-7-11/h1-3H2,(H,8,9)(H,6,10,11). The third-order valence-electron chi connectivity index (χ3n) is 0.905. The van der Waals surface area contributed by atoms with Gasteiger partial charge in [0.2, 0.25) is 0 Å². The predicted octanol–water partition coefficient (Wildman–Crippen LogP) is 0.259. The zero-order chi connectivity index (χ0) is 9.40. The molecule has 0 atom stereocenters. The molecule has 0 saturated heterocycles. The molecule has 0 fully saturated rings. The van der Waals surface area contributed by atoms with Crippen LogP contribution in [0.2, 0.25) is 0 Å². The highest BCUT2D eigenvalue weighted by molar-refractivity contribution is 5.67. The Morgan fingerprint density at radius 1 is 1.50 bits per heavy atom. The molecule has 0 aliphatic heterocycles. The van der Waals surface area contributed by atoms with Crippen LogP contribution in [0.1, 0.15) is 12.8 Å². The fraction of sp³-hybridized carbons (Fsp3) is 0.600. The van der Waals surface area contributed by atoms with Gasteiger partial charge >= 0.3 is 12.1 Å². The van der Waals surface area contributed by atoms with E-state index in [1.807, 2.05) is 0 Å². The van der Waals surface area contributed by atoms with Gasteiger partial charge in [-0.15, -0.1) is 4.91 Å². The van der Waals surface area contributed by atoms with Gasteiger partial charge in [-0.05, 0) is 6.42 Å². The molecule has 0 aromatic rings. The summed E-state index contributed by atoms with van der Waals surface area (Å²) in [5, 5.41) is 10.2. The first-order chi connectivity index (χ1) is 5.66. The Balaban J connectivity index is 3.25. The minimum absolute atomic E-state index is 0.0480. The van der Waals surface area contributed by atoms with Crippen LogP contribution >= 0.6 is 0 Å². The number of carboxylic acids is 1. The molecule has 0 aliphatic carbocycles. The minimum Gasteiger partial charge on any atom is -0.481 e. The number of nitrogens with zero attached hydrogens (tertiary/aromatic N) is 1. The van der Waals surface area contributed by atoms with Crippen LogP contribution in [0.5, 0.6) is 0 Å². The monoisotopic (exact) mass is 176 g/mol. The molecule has 7 nitrogen and oxygen atoms in total. The van der Waals surface area contributed by atoms with E-state index in [1.54, 1.807) is 0 Å². The Kier molecular flexibility index (Phi) is 5.24. The van der Waals surface area contributed by atoms with Gasteiger partial charge in [-0.1, -0.05) is 0 Å². The van der Waals surface area contributed by atoms with Crippen molar-refractivity contribution in [3.05, 3.63) is 4.91 Å². The third-order valence-corrected chi connectivity index (χ3v) is 0.905. The van der Waals surface area contributed by atoms with E-state index >= 15 is 0 Å². The second kappa shape index (κ2) is 6.08. The van der Waals surface area contributed by atoms with E-state index < -0.39 is 12.1 Å². The van der Waals surface area contributed by atoms with Crippen molar-refractivity contribution in [2.75, 3.05) is 6.61 Å². The molecule has 0 heterocycles. The highest BCUT2D eigenvalue weighted by atomic mass is 16.6. The molecule has 0 aliphatic rings. The summed E-state index contributed by atoms with van der Waals surface area (Å²) in [6.45, 7) is -0.0480. The van der Waals surface area contributed by atoms with Crippen LogP contribution < -0.4 is 5.43 Å². The van der Waals surface area contributed by atoms with Crippen LogP contribution in [0.25, 0.3) is 0 Å². The summed E-state index contributed by atoms with van der Waals surface area (Å²) < 4.78 is 4.33. The number of amides is 1. The van der Waals surface area contributed by atoms with E-state index in [9.17, 15) is 14.5 Å². The molecule has 2 N–H and O–H groups in total. The number of rotatable bonds is 5. The van der Waals surface area contributed by atoms with Crippen molar-refractivity contribution in [3.8, 4) is 0 Å². The van der Waals surface area contributed by atoms with Gasteiger partial charge < -0.3 is 9.84 Å². The number of nitrogens with one attached hydrogen (secondary N) is 1. The molecule has 0 rings (SSSR count). The lowest BCUT2D eigenvalue weighted by Crippen LogP contribution is -2.18. The Bertz CT molecular complexity index is 181. The number of ether oxygens (including phenoxy) is 1. The number of carbonyl (C=O) groups excluding carboxylic acids is 1. The van der Waals surface area contributed by atoms with Crippen molar-refractivity contribution in [2.45, 2.75) is 12.8 Å². The Morgan fingerprint density at radius 3 is 2.67 bits per heavy atom. The number of aliphatic carboxylic acids is 1. The maximum Gasteiger partial charge on any atom is 0.430 e. The van der Waals surface area contributed by atoms with E-state index in [2.05, 4.69) is 10.0 Å². The summed E-state index contributed by atoms with van der Waals surface area (Å²) in [5.41, 5.74) is 1.49. The highest BCUT2D eigenvalue weighted by Crippen LogP contribution is 1.89. The first kappa shape index (κ1) is 10.3. The van der Waals surface area contributed by atoms with Gasteiger partial charge in [0.1, 0.15) is 0 Å². The van der Waals surface area contributed by atoms with Crippen molar-refractivity contribution in [2.24, 2.45) is 5.29 Å². The fourth-order valence-electron chi connectivity index (χ4n) is 0.458. The van der Waals surface area contributed by atoms with Gasteiger partial charge in [0.25, 0.3) is 0 Å². The molecule has 0 saturated carbocycles. The van der Waals surface area contributed by atoms with Crippen molar-refractivity contribution in [3.63, 3.8) is 0 Å². The smallest absolute Gasteiger partial charge is 0.430 e. The van der Waals surface area contributed by atoms with Crippen LogP contribution in [-0.2, 0) is 9.53 Å². The second-order valence-electron chi connectivity index (χ2n) is 1.84. The van der Waals surface area contributed by atoms with Gasteiger partial charge in [0, 0.05) is 6.42 Å². The molecular formula is C5H8N2O5. The Hall–Kier alpha value is -1.66. The first-order valence-corrected chi connectivity index (χ1v) is 3.13. The predicted molar refractivity (Wildman–Crippen MR) is 37.1 cm³/mol. The maximum absolute atomic E-state index is 10.3. The third kappa shape index (κ3) is 6.46. The van der Waals surface area contributed by atoms with Gasteiger partial charge in [-0.3, -0.25) is 4.79 Å². The molecule has 0 aromatic heterocycles. The Labute approximate surface area is 67.6 Å². The highest BCUT2D eigenvalue weighted by Gasteiger charge is 2.01. The summed E-state index contributed by atoms with van der Waals surface area (Å²) in [6.07, 6.45) is -0.848. The molecule has 0 unspecified atom stereocenters. The number of hydrogen-bond acceptors (Lipinski definition) is 5.